The van der Waals surface area contributed by atoms with E-state index in [0.717, 1.165) is 22.3 Å². The van der Waals surface area contributed by atoms with Gasteiger partial charge in [0.25, 0.3) is 0 Å². The van der Waals surface area contributed by atoms with Crippen molar-refractivity contribution in [1.82, 2.24) is 0 Å². The number of rotatable bonds is 7. The minimum atomic E-state index is -0.329. The Hall–Kier alpha value is -3.28. The highest BCUT2D eigenvalue weighted by Gasteiger charge is 2.10. The molecule has 0 saturated carbocycles. The Morgan fingerprint density at radius 3 is 1.32 bits per heavy atom. The van der Waals surface area contributed by atoms with E-state index >= 15 is 0 Å². The summed E-state index contributed by atoms with van der Waals surface area (Å²) in [5, 5.41) is 5.49. The van der Waals surface area contributed by atoms with Gasteiger partial charge in [0, 0.05) is 11.4 Å². The van der Waals surface area contributed by atoms with E-state index in [-0.39, 0.29) is 36.2 Å². The molecule has 2 rings (SSSR count). The van der Waals surface area contributed by atoms with Crippen LogP contribution in [-0.2, 0) is 19.2 Å². The summed E-state index contributed by atoms with van der Waals surface area (Å²) in [5.74, 6) is -1.02. The van der Waals surface area contributed by atoms with Gasteiger partial charge >= 0.3 is 0 Å². The lowest BCUT2D eigenvalue weighted by atomic mass is 9.99. The van der Waals surface area contributed by atoms with Crippen molar-refractivity contribution in [2.75, 3.05) is 10.6 Å². The maximum Gasteiger partial charge on any atom is 0.231 e. The molecule has 0 heterocycles. The molecule has 0 aromatic heterocycles. The lowest BCUT2D eigenvalue weighted by Crippen LogP contribution is -2.15. The third kappa shape index (κ3) is 5.87. The number of amides is 2. The average Bonchev–Trinajstić information content (AvgIpc) is 2.57. The molecule has 0 unspecified atom stereocenters. The van der Waals surface area contributed by atoms with Crippen molar-refractivity contribution >= 4 is 34.8 Å². The molecule has 6 heteroatoms. The molecule has 28 heavy (non-hydrogen) atoms. The monoisotopic (exact) mass is 380 g/mol. The van der Waals surface area contributed by atoms with Gasteiger partial charge in [-0.25, -0.2) is 0 Å². The van der Waals surface area contributed by atoms with Crippen LogP contribution >= 0.6 is 0 Å². The first kappa shape index (κ1) is 21.0. The second-order valence-corrected chi connectivity index (χ2v) is 6.91. The number of carbonyl (C=O) groups excluding carboxylic acids is 4. The molecule has 2 N–H and O–H groups in total. The van der Waals surface area contributed by atoms with Crippen LogP contribution in [0.4, 0.5) is 11.4 Å². The van der Waals surface area contributed by atoms with Gasteiger partial charge in [-0.1, -0.05) is 12.1 Å². The molecule has 0 aliphatic carbocycles. The number of hydrogen-bond acceptors (Lipinski definition) is 4. The summed E-state index contributed by atoms with van der Waals surface area (Å²) in [6.45, 7) is 6.53. The van der Waals surface area contributed by atoms with Gasteiger partial charge in [0.05, 0.1) is 12.8 Å². The van der Waals surface area contributed by atoms with Crippen molar-refractivity contribution in [2.24, 2.45) is 0 Å². The molecule has 0 radical (unpaired) electrons. The summed E-state index contributed by atoms with van der Waals surface area (Å²) < 4.78 is 0. The quantitative estimate of drug-likeness (QED) is 0.715. The molecule has 0 atom stereocenters. The number of nitrogens with one attached hydrogen (secondary N) is 2. The maximum atomic E-state index is 11.8. The summed E-state index contributed by atoms with van der Waals surface area (Å²) >= 11 is 0. The number of hydrogen-bond donors (Lipinski definition) is 2. The Morgan fingerprint density at radius 1 is 0.679 bits per heavy atom. The van der Waals surface area contributed by atoms with Gasteiger partial charge in [0.2, 0.25) is 11.8 Å². The first-order valence-electron chi connectivity index (χ1n) is 8.96. The summed E-state index contributed by atoms with van der Waals surface area (Å²) in [4.78, 5) is 45.6. The van der Waals surface area contributed by atoms with Crippen LogP contribution in [0.1, 0.15) is 37.8 Å². The van der Waals surface area contributed by atoms with Crippen LogP contribution in [0, 0.1) is 13.8 Å². The topological polar surface area (TPSA) is 92.3 Å². The van der Waals surface area contributed by atoms with Crippen LogP contribution in [0.2, 0.25) is 0 Å². The molecule has 2 aromatic rings. The molecular weight excluding hydrogens is 356 g/mol. The van der Waals surface area contributed by atoms with E-state index in [2.05, 4.69) is 10.6 Å². The van der Waals surface area contributed by atoms with Crippen LogP contribution in [-0.4, -0.2) is 23.4 Å². The third-order valence-electron chi connectivity index (χ3n) is 4.15. The molecule has 0 saturated heterocycles. The number of carbonyl (C=O) groups is 4. The van der Waals surface area contributed by atoms with Gasteiger partial charge in [-0.3, -0.25) is 19.2 Å². The molecule has 6 nitrogen and oxygen atoms in total. The number of anilines is 2. The SMILES string of the molecule is CC(=O)CC(=O)Nc1ccc(-c2ccc(NC(=O)CC(C)=O)c(C)c2)cc1C. The highest BCUT2D eigenvalue weighted by Crippen LogP contribution is 2.28. The first-order valence-corrected chi connectivity index (χ1v) is 8.96. The first-order chi connectivity index (χ1) is 13.2. The van der Waals surface area contributed by atoms with Crippen LogP contribution in [0.5, 0.6) is 0 Å². The summed E-state index contributed by atoms with van der Waals surface area (Å²) in [5.41, 5.74) is 5.02. The fourth-order valence-corrected chi connectivity index (χ4v) is 2.81. The Balaban J connectivity index is 2.17. The van der Waals surface area contributed by atoms with Crippen molar-refractivity contribution in [3.05, 3.63) is 47.5 Å². The van der Waals surface area contributed by atoms with E-state index in [1.165, 1.54) is 13.8 Å². The molecular formula is C22H24N2O4. The van der Waals surface area contributed by atoms with Crippen molar-refractivity contribution < 1.29 is 19.2 Å². The molecule has 0 spiro atoms. The van der Waals surface area contributed by atoms with Crippen LogP contribution in [0.15, 0.2) is 36.4 Å². The van der Waals surface area contributed by atoms with Gasteiger partial charge < -0.3 is 10.6 Å². The number of ketones is 2. The number of benzene rings is 2. The normalized spacial score (nSPS) is 10.3. The number of Topliss-reactive ketones (excluding diaryl/α,β-unsaturated/α-hetero) is 2. The highest BCUT2D eigenvalue weighted by molar-refractivity contribution is 6.04. The second-order valence-electron chi connectivity index (χ2n) is 6.91. The van der Waals surface area contributed by atoms with E-state index in [4.69, 9.17) is 0 Å². The van der Waals surface area contributed by atoms with Crippen molar-refractivity contribution in [1.29, 1.82) is 0 Å². The van der Waals surface area contributed by atoms with Gasteiger partial charge in [-0.15, -0.1) is 0 Å². The third-order valence-corrected chi connectivity index (χ3v) is 4.15. The predicted molar refractivity (Wildman–Crippen MR) is 109 cm³/mol. The molecule has 2 aromatic carbocycles. The largest absolute Gasteiger partial charge is 0.325 e. The zero-order valence-electron chi connectivity index (χ0n) is 16.5. The van der Waals surface area contributed by atoms with E-state index in [1.807, 2.05) is 38.1 Å². The molecule has 0 aliphatic rings. The van der Waals surface area contributed by atoms with Gasteiger partial charge in [0.15, 0.2) is 0 Å². The van der Waals surface area contributed by atoms with Crippen LogP contribution in [0.3, 0.4) is 0 Å². The Bertz CT molecular complexity index is 870. The molecule has 0 aliphatic heterocycles. The van der Waals surface area contributed by atoms with E-state index in [0.29, 0.717) is 11.4 Å². The smallest absolute Gasteiger partial charge is 0.231 e. The lowest BCUT2D eigenvalue weighted by molar-refractivity contribution is -0.125. The predicted octanol–water partition coefficient (Wildman–Crippen LogP) is 3.81. The molecule has 146 valence electrons. The molecule has 0 bridgehead atoms. The summed E-state index contributed by atoms with van der Waals surface area (Å²) in [7, 11) is 0. The van der Waals surface area contributed by atoms with Crippen LogP contribution < -0.4 is 10.6 Å². The maximum absolute atomic E-state index is 11.8. The fraction of sp³-hybridized carbons (Fsp3) is 0.273. The van der Waals surface area contributed by atoms with Crippen molar-refractivity contribution in [2.45, 2.75) is 40.5 Å². The lowest BCUT2D eigenvalue weighted by Gasteiger charge is -2.12. The van der Waals surface area contributed by atoms with Crippen LogP contribution in [0.25, 0.3) is 11.1 Å². The fourth-order valence-electron chi connectivity index (χ4n) is 2.81. The molecule has 0 fully saturated rings. The number of aryl methyl sites for hydroxylation is 2. The zero-order valence-corrected chi connectivity index (χ0v) is 16.5. The minimum Gasteiger partial charge on any atom is -0.325 e. The highest BCUT2D eigenvalue weighted by atomic mass is 16.2. The molecule has 2 amide bonds. The Morgan fingerprint density at radius 2 is 1.04 bits per heavy atom. The van der Waals surface area contributed by atoms with Gasteiger partial charge in [0.1, 0.15) is 11.6 Å². The van der Waals surface area contributed by atoms with Crippen molar-refractivity contribution in [3.63, 3.8) is 0 Å². The zero-order chi connectivity index (χ0) is 20.8. The van der Waals surface area contributed by atoms with E-state index in [1.54, 1.807) is 12.1 Å². The van der Waals surface area contributed by atoms with Gasteiger partial charge in [-0.05, 0) is 74.2 Å². The Kier molecular flexibility index (Phi) is 6.82. The second kappa shape index (κ2) is 9.08. The van der Waals surface area contributed by atoms with E-state index < -0.39 is 0 Å². The van der Waals surface area contributed by atoms with Gasteiger partial charge in [-0.2, -0.15) is 0 Å². The van der Waals surface area contributed by atoms with Crippen molar-refractivity contribution in [3.8, 4) is 11.1 Å². The minimum absolute atomic E-state index is 0.142. The Labute approximate surface area is 164 Å². The average molecular weight is 380 g/mol. The summed E-state index contributed by atoms with van der Waals surface area (Å²) in [6.07, 6.45) is -0.283. The summed E-state index contributed by atoms with van der Waals surface area (Å²) in [6, 6.07) is 11.3. The van der Waals surface area contributed by atoms with E-state index in [9.17, 15) is 19.2 Å². The standard InChI is InChI=1S/C22H24N2O4/c1-13-9-17(5-7-19(13)23-21(27)11-15(3)25)18-6-8-20(14(2)10-18)24-22(28)12-16(4)26/h5-10H,11-12H2,1-4H3,(H,23,27)(H,24,28).